The number of benzene rings is 1. The first-order valence-corrected chi connectivity index (χ1v) is 8.23. The van der Waals surface area contributed by atoms with Crippen LogP contribution in [0, 0.1) is 0 Å². The van der Waals surface area contributed by atoms with Crippen molar-refractivity contribution in [1.29, 1.82) is 0 Å². The zero-order chi connectivity index (χ0) is 15.2. The number of nitrogens with one attached hydrogen (secondary N) is 1. The summed E-state index contributed by atoms with van der Waals surface area (Å²) in [4.78, 5) is 15.5. The minimum Gasteiger partial charge on any atom is -0.378 e. The smallest absolute Gasteiger partial charge is 0.253 e. The van der Waals surface area contributed by atoms with Crippen LogP contribution in [0.5, 0.6) is 0 Å². The van der Waals surface area contributed by atoms with Gasteiger partial charge in [-0.15, -0.1) is 11.3 Å². The van der Waals surface area contributed by atoms with Crippen molar-refractivity contribution in [3.63, 3.8) is 0 Å². The molecule has 1 N–H and O–H groups in total. The number of hydrogen-bond acceptors (Lipinski definition) is 3. The van der Waals surface area contributed by atoms with Crippen molar-refractivity contribution in [1.82, 2.24) is 4.90 Å². The second kappa shape index (κ2) is 7.27. The predicted molar refractivity (Wildman–Crippen MR) is 90.1 cm³/mol. The molecule has 0 fully saturated rings. The van der Waals surface area contributed by atoms with Crippen molar-refractivity contribution in [2.24, 2.45) is 0 Å². The van der Waals surface area contributed by atoms with Crippen molar-refractivity contribution in [3.8, 4) is 0 Å². The van der Waals surface area contributed by atoms with Gasteiger partial charge in [0.2, 0.25) is 0 Å². The highest BCUT2D eigenvalue weighted by molar-refractivity contribution is 7.10. The minimum absolute atomic E-state index is 0.0902. The average molecular weight is 302 g/mol. The standard InChI is InChI=1S/C17H22N2OS/c1-4-19(5-2)17(20)14-8-6-9-15(12-14)18-13(3)16-10-7-11-21-16/h6-13,18H,4-5H2,1-3H3. The van der Waals surface area contributed by atoms with E-state index in [-0.39, 0.29) is 11.9 Å². The maximum absolute atomic E-state index is 12.4. The second-order valence-electron chi connectivity index (χ2n) is 4.94. The van der Waals surface area contributed by atoms with Gasteiger partial charge in [-0.1, -0.05) is 12.1 Å². The Labute approximate surface area is 130 Å². The zero-order valence-electron chi connectivity index (χ0n) is 12.8. The van der Waals surface area contributed by atoms with Crippen LogP contribution in [0.2, 0.25) is 0 Å². The van der Waals surface area contributed by atoms with E-state index in [9.17, 15) is 4.79 Å². The van der Waals surface area contributed by atoms with Gasteiger partial charge in [0.25, 0.3) is 5.91 Å². The molecule has 2 aromatic rings. The van der Waals surface area contributed by atoms with E-state index >= 15 is 0 Å². The molecule has 1 unspecified atom stereocenters. The first-order valence-electron chi connectivity index (χ1n) is 7.35. The van der Waals surface area contributed by atoms with Gasteiger partial charge in [0, 0.05) is 29.2 Å². The molecule has 1 aromatic heterocycles. The maximum atomic E-state index is 12.4. The summed E-state index contributed by atoms with van der Waals surface area (Å²) in [5.41, 5.74) is 1.72. The van der Waals surface area contributed by atoms with Crippen LogP contribution in [0.4, 0.5) is 5.69 Å². The Kier molecular flexibility index (Phi) is 5.39. The van der Waals surface area contributed by atoms with Gasteiger partial charge in [0.05, 0.1) is 6.04 Å². The largest absolute Gasteiger partial charge is 0.378 e. The molecule has 112 valence electrons. The van der Waals surface area contributed by atoms with E-state index in [1.807, 2.05) is 43.0 Å². The molecule has 0 bridgehead atoms. The van der Waals surface area contributed by atoms with E-state index in [4.69, 9.17) is 0 Å². The first kappa shape index (κ1) is 15.6. The quantitative estimate of drug-likeness (QED) is 0.857. The number of carbonyl (C=O) groups excluding carboxylic acids is 1. The highest BCUT2D eigenvalue weighted by Gasteiger charge is 2.13. The summed E-state index contributed by atoms with van der Waals surface area (Å²) in [7, 11) is 0. The van der Waals surface area contributed by atoms with E-state index < -0.39 is 0 Å². The molecule has 1 atom stereocenters. The number of nitrogens with zero attached hydrogens (tertiary/aromatic N) is 1. The van der Waals surface area contributed by atoms with Gasteiger partial charge in [-0.25, -0.2) is 0 Å². The van der Waals surface area contributed by atoms with Gasteiger partial charge in [-0.2, -0.15) is 0 Å². The van der Waals surface area contributed by atoms with Crippen LogP contribution in [0.3, 0.4) is 0 Å². The normalized spacial score (nSPS) is 12.0. The fourth-order valence-electron chi connectivity index (χ4n) is 2.29. The Morgan fingerprint density at radius 1 is 1.24 bits per heavy atom. The topological polar surface area (TPSA) is 32.3 Å². The third-order valence-corrected chi connectivity index (χ3v) is 4.57. The molecule has 0 spiro atoms. The molecule has 0 aliphatic heterocycles. The summed E-state index contributed by atoms with van der Waals surface area (Å²) < 4.78 is 0. The number of carbonyl (C=O) groups is 1. The Balaban J connectivity index is 2.12. The van der Waals surface area contributed by atoms with Gasteiger partial charge < -0.3 is 10.2 Å². The Hall–Kier alpha value is -1.81. The van der Waals surface area contributed by atoms with Crippen LogP contribution < -0.4 is 5.32 Å². The van der Waals surface area contributed by atoms with E-state index in [1.54, 1.807) is 11.3 Å². The molecule has 21 heavy (non-hydrogen) atoms. The molecule has 0 aliphatic rings. The molecule has 0 saturated heterocycles. The molecule has 2 rings (SSSR count). The third-order valence-electron chi connectivity index (χ3n) is 3.51. The van der Waals surface area contributed by atoms with Crippen LogP contribution in [-0.2, 0) is 0 Å². The third kappa shape index (κ3) is 3.85. The van der Waals surface area contributed by atoms with E-state index in [2.05, 4.69) is 29.8 Å². The summed E-state index contributed by atoms with van der Waals surface area (Å²) in [5, 5.41) is 5.53. The minimum atomic E-state index is 0.0902. The molecule has 1 amide bonds. The fourth-order valence-corrected chi connectivity index (χ4v) is 3.03. The monoisotopic (exact) mass is 302 g/mol. The number of amides is 1. The summed E-state index contributed by atoms with van der Waals surface area (Å²) in [5.74, 6) is 0.0902. The van der Waals surface area contributed by atoms with E-state index in [1.165, 1.54) is 4.88 Å². The van der Waals surface area contributed by atoms with Crippen LogP contribution in [0.25, 0.3) is 0 Å². The molecular formula is C17H22N2OS. The Morgan fingerprint density at radius 3 is 2.62 bits per heavy atom. The van der Waals surface area contributed by atoms with Crippen molar-refractivity contribution >= 4 is 22.9 Å². The molecule has 0 aliphatic carbocycles. The molecule has 1 aromatic carbocycles. The number of thiophene rings is 1. The second-order valence-corrected chi connectivity index (χ2v) is 5.92. The van der Waals surface area contributed by atoms with Crippen molar-refractivity contribution in [2.75, 3.05) is 18.4 Å². The van der Waals surface area contributed by atoms with E-state index in [0.29, 0.717) is 0 Å². The predicted octanol–water partition coefficient (Wildman–Crippen LogP) is 4.40. The van der Waals surface area contributed by atoms with Gasteiger partial charge in [-0.05, 0) is 50.4 Å². The molecule has 0 saturated carbocycles. The van der Waals surface area contributed by atoms with Crippen LogP contribution in [-0.4, -0.2) is 23.9 Å². The SMILES string of the molecule is CCN(CC)C(=O)c1cccc(NC(C)c2cccs2)c1. The first-order chi connectivity index (χ1) is 10.2. The fraction of sp³-hybridized carbons (Fsp3) is 0.353. The van der Waals surface area contributed by atoms with Crippen LogP contribution >= 0.6 is 11.3 Å². The lowest BCUT2D eigenvalue weighted by atomic mass is 10.1. The molecule has 1 heterocycles. The highest BCUT2D eigenvalue weighted by Crippen LogP contribution is 2.23. The number of hydrogen-bond donors (Lipinski definition) is 1. The van der Waals surface area contributed by atoms with Crippen LogP contribution in [0.15, 0.2) is 41.8 Å². The lowest BCUT2D eigenvalue weighted by Gasteiger charge is -2.19. The van der Waals surface area contributed by atoms with Crippen molar-refractivity contribution in [2.45, 2.75) is 26.8 Å². The summed E-state index contributed by atoms with van der Waals surface area (Å²) in [6, 6.07) is 12.2. The average Bonchev–Trinajstić information content (AvgIpc) is 3.03. The van der Waals surface area contributed by atoms with E-state index in [0.717, 1.165) is 24.3 Å². The maximum Gasteiger partial charge on any atom is 0.253 e. The lowest BCUT2D eigenvalue weighted by Crippen LogP contribution is -2.30. The van der Waals surface area contributed by atoms with Crippen LogP contribution in [0.1, 0.15) is 42.0 Å². The van der Waals surface area contributed by atoms with Crippen molar-refractivity contribution in [3.05, 3.63) is 52.2 Å². The summed E-state index contributed by atoms with van der Waals surface area (Å²) in [6.45, 7) is 7.60. The number of rotatable bonds is 6. The van der Waals surface area contributed by atoms with Gasteiger partial charge in [-0.3, -0.25) is 4.79 Å². The molecule has 3 nitrogen and oxygen atoms in total. The molecule has 0 radical (unpaired) electrons. The Morgan fingerprint density at radius 2 is 2.00 bits per heavy atom. The van der Waals surface area contributed by atoms with Gasteiger partial charge >= 0.3 is 0 Å². The molecule has 4 heteroatoms. The number of anilines is 1. The highest BCUT2D eigenvalue weighted by atomic mass is 32.1. The van der Waals surface area contributed by atoms with Gasteiger partial charge in [0.1, 0.15) is 0 Å². The van der Waals surface area contributed by atoms with Crippen molar-refractivity contribution < 1.29 is 4.79 Å². The zero-order valence-corrected chi connectivity index (χ0v) is 13.6. The Bertz CT molecular complexity index is 576. The molecular weight excluding hydrogens is 280 g/mol. The summed E-state index contributed by atoms with van der Waals surface area (Å²) >= 11 is 1.74. The lowest BCUT2D eigenvalue weighted by molar-refractivity contribution is 0.0773. The summed E-state index contributed by atoms with van der Waals surface area (Å²) in [6.07, 6.45) is 0. The van der Waals surface area contributed by atoms with Gasteiger partial charge in [0.15, 0.2) is 0 Å².